The molecule has 2 N–H and O–H groups in total. The SMILES string of the molecule is O=C(CSCc1ccc(C(=O)NC23CC4CC(CC(C4)C2)C3)cc1)Nc1ccccc1. The third-order valence-electron chi connectivity index (χ3n) is 7.19. The van der Waals surface area contributed by atoms with Crippen molar-refractivity contribution in [2.24, 2.45) is 17.8 Å². The highest BCUT2D eigenvalue weighted by Gasteiger charge is 2.51. The Bertz CT molecular complexity index is 906. The van der Waals surface area contributed by atoms with E-state index in [1.807, 2.05) is 54.6 Å². The van der Waals surface area contributed by atoms with Crippen molar-refractivity contribution in [3.63, 3.8) is 0 Å². The first-order valence-corrected chi connectivity index (χ1v) is 12.6. The van der Waals surface area contributed by atoms with E-state index < -0.39 is 0 Å². The summed E-state index contributed by atoms with van der Waals surface area (Å²) in [5, 5.41) is 6.35. The Morgan fingerprint density at radius 1 is 0.871 bits per heavy atom. The molecule has 0 saturated heterocycles. The quantitative estimate of drug-likeness (QED) is 0.625. The van der Waals surface area contributed by atoms with Crippen molar-refractivity contribution in [2.75, 3.05) is 11.1 Å². The van der Waals surface area contributed by atoms with E-state index in [2.05, 4.69) is 10.6 Å². The van der Waals surface area contributed by atoms with E-state index in [1.165, 1.54) is 38.5 Å². The van der Waals surface area contributed by atoms with Crippen molar-refractivity contribution < 1.29 is 9.59 Å². The van der Waals surface area contributed by atoms with Crippen LogP contribution in [0.3, 0.4) is 0 Å². The van der Waals surface area contributed by atoms with Gasteiger partial charge in [-0.1, -0.05) is 30.3 Å². The molecule has 0 aromatic heterocycles. The van der Waals surface area contributed by atoms with Crippen LogP contribution in [-0.4, -0.2) is 23.1 Å². The van der Waals surface area contributed by atoms with Crippen LogP contribution in [0.2, 0.25) is 0 Å². The summed E-state index contributed by atoms with van der Waals surface area (Å²) in [6.45, 7) is 0. The molecular formula is C26H30N2O2S. The van der Waals surface area contributed by atoms with Gasteiger partial charge in [-0.3, -0.25) is 9.59 Å². The Balaban J connectivity index is 1.11. The number of carbonyl (C=O) groups is 2. The molecule has 6 rings (SSSR count). The maximum Gasteiger partial charge on any atom is 0.251 e. The Hall–Kier alpha value is -2.27. The first kappa shape index (κ1) is 20.6. The molecule has 4 nitrogen and oxygen atoms in total. The maximum atomic E-state index is 12.9. The van der Waals surface area contributed by atoms with E-state index in [0.717, 1.165) is 40.3 Å². The van der Waals surface area contributed by atoms with Gasteiger partial charge in [0.1, 0.15) is 0 Å². The highest BCUT2D eigenvalue weighted by molar-refractivity contribution is 7.99. The third kappa shape index (κ3) is 4.82. The Labute approximate surface area is 188 Å². The summed E-state index contributed by atoms with van der Waals surface area (Å²) in [5.41, 5.74) is 2.74. The molecule has 4 aliphatic carbocycles. The molecule has 2 amide bonds. The van der Waals surface area contributed by atoms with E-state index >= 15 is 0 Å². The molecule has 162 valence electrons. The zero-order chi connectivity index (χ0) is 21.3. The van der Waals surface area contributed by atoms with Gasteiger partial charge in [0, 0.05) is 22.5 Å². The van der Waals surface area contributed by atoms with Gasteiger partial charge in [0.15, 0.2) is 0 Å². The highest BCUT2D eigenvalue weighted by Crippen LogP contribution is 2.55. The Morgan fingerprint density at radius 2 is 1.48 bits per heavy atom. The lowest BCUT2D eigenvalue weighted by molar-refractivity contribution is -0.113. The first-order valence-electron chi connectivity index (χ1n) is 11.4. The Kier molecular flexibility index (Phi) is 5.79. The molecule has 4 bridgehead atoms. The van der Waals surface area contributed by atoms with Gasteiger partial charge in [0.2, 0.25) is 5.91 Å². The molecule has 0 unspecified atom stereocenters. The standard InChI is InChI=1S/C26H30N2O2S/c29-24(27-23-4-2-1-3-5-23)17-31-16-18-6-8-22(9-7-18)25(30)28-26-13-19-10-20(14-26)12-21(11-19)15-26/h1-9,19-21H,10-17H2,(H,27,29)(H,28,30). The van der Waals surface area contributed by atoms with Crippen LogP contribution in [0, 0.1) is 17.8 Å². The van der Waals surface area contributed by atoms with Gasteiger partial charge in [-0.25, -0.2) is 0 Å². The number of hydrogen-bond acceptors (Lipinski definition) is 3. The molecule has 4 aliphatic rings. The normalized spacial score (nSPS) is 28.3. The predicted octanol–water partition coefficient (Wildman–Crippen LogP) is 5.26. The number of nitrogens with one attached hydrogen (secondary N) is 2. The largest absolute Gasteiger partial charge is 0.347 e. The number of hydrogen-bond donors (Lipinski definition) is 2. The number of thioether (sulfide) groups is 1. The number of carbonyl (C=O) groups excluding carboxylic acids is 2. The average molecular weight is 435 g/mol. The lowest BCUT2D eigenvalue weighted by Gasteiger charge is -2.56. The van der Waals surface area contributed by atoms with Gasteiger partial charge >= 0.3 is 0 Å². The molecule has 0 heterocycles. The van der Waals surface area contributed by atoms with E-state index in [1.54, 1.807) is 11.8 Å². The van der Waals surface area contributed by atoms with Crippen LogP contribution < -0.4 is 10.6 Å². The first-order chi connectivity index (χ1) is 15.1. The summed E-state index contributed by atoms with van der Waals surface area (Å²) in [4.78, 5) is 25.0. The lowest BCUT2D eigenvalue weighted by atomic mass is 9.53. The van der Waals surface area contributed by atoms with E-state index in [4.69, 9.17) is 0 Å². The van der Waals surface area contributed by atoms with E-state index in [9.17, 15) is 9.59 Å². The second-order valence-electron chi connectivity index (χ2n) is 9.76. The average Bonchev–Trinajstić information content (AvgIpc) is 2.73. The molecule has 0 aliphatic heterocycles. The number of anilines is 1. The third-order valence-corrected chi connectivity index (χ3v) is 8.20. The Morgan fingerprint density at radius 3 is 2.10 bits per heavy atom. The highest BCUT2D eigenvalue weighted by atomic mass is 32.2. The molecule has 4 saturated carbocycles. The summed E-state index contributed by atoms with van der Waals surface area (Å²) in [7, 11) is 0. The van der Waals surface area contributed by atoms with Gasteiger partial charge in [-0.05, 0) is 86.1 Å². The topological polar surface area (TPSA) is 58.2 Å². The molecular weight excluding hydrogens is 404 g/mol. The van der Waals surface area contributed by atoms with Crippen LogP contribution in [0.25, 0.3) is 0 Å². The van der Waals surface area contributed by atoms with Crippen LogP contribution in [0.1, 0.15) is 54.4 Å². The fourth-order valence-corrected chi connectivity index (χ4v) is 7.10. The fourth-order valence-electron chi connectivity index (χ4n) is 6.31. The van der Waals surface area contributed by atoms with Crippen LogP contribution in [-0.2, 0) is 10.5 Å². The fraction of sp³-hybridized carbons (Fsp3) is 0.462. The van der Waals surface area contributed by atoms with Crippen LogP contribution in [0.4, 0.5) is 5.69 Å². The molecule has 4 fully saturated rings. The minimum absolute atomic E-state index is 0.00257. The summed E-state index contributed by atoms with van der Waals surface area (Å²) in [6.07, 6.45) is 7.65. The van der Waals surface area contributed by atoms with Crippen molar-refractivity contribution >= 4 is 29.3 Å². The number of para-hydroxylation sites is 1. The molecule has 31 heavy (non-hydrogen) atoms. The second-order valence-corrected chi connectivity index (χ2v) is 10.7. The molecule has 2 aromatic carbocycles. The summed E-state index contributed by atoms with van der Waals surface area (Å²) in [5.74, 6) is 3.70. The van der Waals surface area contributed by atoms with E-state index in [-0.39, 0.29) is 17.4 Å². The van der Waals surface area contributed by atoms with Gasteiger partial charge < -0.3 is 10.6 Å². The molecule has 0 atom stereocenters. The van der Waals surface area contributed by atoms with Crippen molar-refractivity contribution in [2.45, 2.75) is 49.8 Å². The van der Waals surface area contributed by atoms with Gasteiger partial charge in [-0.2, -0.15) is 0 Å². The maximum absolute atomic E-state index is 12.9. The molecule has 2 aromatic rings. The zero-order valence-electron chi connectivity index (χ0n) is 17.8. The summed E-state index contributed by atoms with van der Waals surface area (Å²) in [6, 6.07) is 17.4. The monoisotopic (exact) mass is 434 g/mol. The summed E-state index contributed by atoms with van der Waals surface area (Å²) >= 11 is 1.58. The number of benzene rings is 2. The van der Waals surface area contributed by atoms with E-state index in [0.29, 0.717) is 5.75 Å². The molecule has 0 radical (unpaired) electrons. The van der Waals surface area contributed by atoms with Crippen LogP contribution in [0.5, 0.6) is 0 Å². The smallest absolute Gasteiger partial charge is 0.251 e. The minimum atomic E-state index is 0.00257. The van der Waals surface area contributed by atoms with Crippen molar-refractivity contribution in [1.29, 1.82) is 0 Å². The minimum Gasteiger partial charge on any atom is -0.347 e. The van der Waals surface area contributed by atoms with Gasteiger partial charge in [0.05, 0.1) is 5.75 Å². The van der Waals surface area contributed by atoms with Crippen LogP contribution >= 0.6 is 11.8 Å². The lowest BCUT2D eigenvalue weighted by Crippen LogP contribution is -2.59. The zero-order valence-corrected chi connectivity index (χ0v) is 18.6. The molecule has 0 spiro atoms. The van der Waals surface area contributed by atoms with Crippen molar-refractivity contribution in [3.05, 3.63) is 65.7 Å². The van der Waals surface area contributed by atoms with Gasteiger partial charge in [0.25, 0.3) is 5.91 Å². The van der Waals surface area contributed by atoms with Crippen molar-refractivity contribution in [1.82, 2.24) is 5.32 Å². The molecule has 5 heteroatoms. The summed E-state index contributed by atoms with van der Waals surface area (Å²) < 4.78 is 0. The van der Waals surface area contributed by atoms with Crippen molar-refractivity contribution in [3.8, 4) is 0 Å². The van der Waals surface area contributed by atoms with Gasteiger partial charge in [-0.15, -0.1) is 11.8 Å². The number of amides is 2. The predicted molar refractivity (Wildman–Crippen MR) is 126 cm³/mol. The number of rotatable bonds is 7. The van der Waals surface area contributed by atoms with Crippen LogP contribution in [0.15, 0.2) is 54.6 Å². The second kappa shape index (κ2) is 8.70.